The molecule has 0 radical (unpaired) electrons. The first-order chi connectivity index (χ1) is 10.1. The van der Waals surface area contributed by atoms with Crippen LogP contribution in [0.5, 0.6) is 0 Å². The first-order valence-corrected chi connectivity index (χ1v) is 7.93. The largest absolute Gasteiger partial charge is 0.481 e. The number of carbonyl (C=O) groups excluding carboxylic acids is 1. The van der Waals surface area contributed by atoms with Crippen molar-refractivity contribution in [2.75, 3.05) is 32.8 Å². The normalized spacial score (nSPS) is 24.7. The van der Waals surface area contributed by atoms with Gasteiger partial charge in [0.25, 0.3) is 0 Å². The third kappa shape index (κ3) is 4.88. The highest BCUT2D eigenvalue weighted by atomic mass is 16.5. The van der Waals surface area contributed by atoms with Gasteiger partial charge in [-0.2, -0.15) is 0 Å². The van der Waals surface area contributed by atoms with E-state index in [4.69, 9.17) is 9.84 Å². The summed E-state index contributed by atoms with van der Waals surface area (Å²) in [6.07, 6.45) is 3.79. The molecule has 21 heavy (non-hydrogen) atoms. The molecule has 120 valence electrons. The van der Waals surface area contributed by atoms with E-state index in [9.17, 15) is 9.59 Å². The van der Waals surface area contributed by atoms with E-state index in [2.05, 4.69) is 0 Å². The first kappa shape index (κ1) is 16.1. The van der Waals surface area contributed by atoms with Crippen LogP contribution in [0.2, 0.25) is 0 Å². The van der Waals surface area contributed by atoms with Crippen molar-refractivity contribution in [3.05, 3.63) is 0 Å². The number of likely N-dealkylation sites (tertiary alicyclic amines) is 1. The summed E-state index contributed by atoms with van der Waals surface area (Å²) in [6, 6.07) is 0.115. The van der Waals surface area contributed by atoms with Crippen molar-refractivity contribution in [3.63, 3.8) is 0 Å². The number of ether oxygens (including phenoxy) is 1. The van der Waals surface area contributed by atoms with Crippen LogP contribution in [0, 0.1) is 5.92 Å². The molecule has 2 saturated heterocycles. The van der Waals surface area contributed by atoms with Gasteiger partial charge in [0, 0.05) is 39.2 Å². The van der Waals surface area contributed by atoms with E-state index >= 15 is 0 Å². The van der Waals surface area contributed by atoms with Crippen molar-refractivity contribution in [1.29, 1.82) is 0 Å². The highest BCUT2D eigenvalue weighted by molar-refractivity contribution is 5.74. The summed E-state index contributed by atoms with van der Waals surface area (Å²) >= 11 is 0. The lowest BCUT2D eigenvalue weighted by Crippen LogP contribution is -2.48. The van der Waals surface area contributed by atoms with Crippen LogP contribution in [-0.4, -0.2) is 65.8 Å². The van der Waals surface area contributed by atoms with Crippen molar-refractivity contribution in [1.82, 2.24) is 9.80 Å². The molecule has 1 N–H and O–H groups in total. The van der Waals surface area contributed by atoms with Crippen LogP contribution >= 0.6 is 0 Å². The maximum Gasteiger partial charge on any atom is 0.320 e. The number of hydrogen-bond acceptors (Lipinski definition) is 3. The molecule has 2 heterocycles. The minimum Gasteiger partial charge on any atom is -0.481 e. The SMILES string of the molecule is CC1CN(C(=O)N2CCC(CCC(=O)O)CC2)CCCO1. The maximum atomic E-state index is 12.5. The zero-order valence-electron chi connectivity index (χ0n) is 12.8. The first-order valence-electron chi connectivity index (χ1n) is 7.93. The van der Waals surface area contributed by atoms with Crippen LogP contribution in [-0.2, 0) is 9.53 Å². The van der Waals surface area contributed by atoms with Gasteiger partial charge >= 0.3 is 12.0 Å². The van der Waals surface area contributed by atoms with E-state index in [1.165, 1.54) is 0 Å². The molecule has 0 aromatic rings. The molecule has 2 amide bonds. The Bertz CT molecular complexity index is 367. The topological polar surface area (TPSA) is 70.1 Å². The van der Waals surface area contributed by atoms with Gasteiger partial charge < -0.3 is 19.6 Å². The Morgan fingerprint density at radius 3 is 2.57 bits per heavy atom. The summed E-state index contributed by atoms with van der Waals surface area (Å²) in [6.45, 7) is 5.65. The predicted octanol–water partition coefficient (Wildman–Crippen LogP) is 1.79. The summed E-state index contributed by atoms with van der Waals surface area (Å²) in [5.74, 6) is -0.288. The molecule has 2 aliphatic rings. The van der Waals surface area contributed by atoms with Crippen molar-refractivity contribution < 1.29 is 19.4 Å². The second-order valence-corrected chi connectivity index (χ2v) is 6.13. The molecule has 0 saturated carbocycles. The van der Waals surface area contributed by atoms with Gasteiger partial charge in [-0.05, 0) is 38.5 Å². The van der Waals surface area contributed by atoms with Crippen LogP contribution in [0.1, 0.15) is 39.0 Å². The number of nitrogens with zero attached hydrogens (tertiary/aromatic N) is 2. The average Bonchev–Trinajstić information content (AvgIpc) is 2.69. The molecule has 0 aromatic carbocycles. The van der Waals surface area contributed by atoms with Gasteiger partial charge in [0.2, 0.25) is 0 Å². The smallest absolute Gasteiger partial charge is 0.320 e. The third-order valence-electron chi connectivity index (χ3n) is 4.37. The molecular weight excluding hydrogens is 272 g/mol. The lowest BCUT2D eigenvalue weighted by Gasteiger charge is -2.35. The molecule has 2 aliphatic heterocycles. The second kappa shape index (κ2) is 7.64. The van der Waals surface area contributed by atoms with Crippen LogP contribution in [0.15, 0.2) is 0 Å². The summed E-state index contributed by atoms with van der Waals surface area (Å²) < 4.78 is 5.57. The fourth-order valence-corrected chi connectivity index (χ4v) is 3.11. The molecule has 0 aromatic heterocycles. The number of carboxylic acid groups (broad SMARTS) is 1. The minimum absolute atomic E-state index is 0.101. The molecule has 2 fully saturated rings. The Morgan fingerprint density at radius 2 is 1.90 bits per heavy atom. The molecule has 0 spiro atoms. The van der Waals surface area contributed by atoms with E-state index in [1.54, 1.807) is 0 Å². The predicted molar refractivity (Wildman–Crippen MR) is 78.2 cm³/mol. The van der Waals surface area contributed by atoms with E-state index < -0.39 is 5.97 Å². The second-order valence-electron chi connectivity index (χ2n) is 6.13. The van der Waals surface area contributed by atoms with Gasteiger partial charge in [-0.25, -0.2) is 4.79 Å². The molecule has 0 bridgehead atoms. The Balaban J connectivity index is 1.78. The van der Waals surface area contributed by atoms with Crippen molar-refractivity contribution in [2.24, 2.45) is 5.92 Å². The Hall–Kier alpha value is -1.30. The van der Waals surface area contributed by atoms with E-state index in [0.29, 0.717) is 12.5 Å². The van der Waals surface area contributed by atoms with Gasteiger partial charge in [-0.1, -0.05) is 0 Å². The average molecular weight is 298 g/mol. The molecule has 6 nitrogen and oxygen atoms in total. The number of urea groups is 1. The van der Waals surface area contributed by atoms with Gasteiger partial charge in [-0.3, -0.25) is 4.79 Å². The Kier molecular flexibility index (Phi) is 5.85. The summed E-state index contributed by atoms with van der Waals surface area (Å²) in [4.78, 5) is 26.9. The molecular formula is C15H26N2O4. The number of hydrogen-bond donors (Lipinski definition) is 1. The van der Waals surface area contributed by atoms with Crippen molar-refractivity contribution in [2.45, 2.75) is 45.1 Å². The van der Waals surface area contributed by atoms with E-state index in [0.717, 1.165) is 51.9 Å². The number of aliphatic carboxylic acids is 1. The molecule has 1 unspecified atom stereocenters. The quantitative estimate of drug-likeness (QED) is 0.862. The lowest BCUT2D eigenvalue weighted by molar-refractivity contribution is -0.137. The van der Waals surface area contributed by atoms with Crippen LogP contribution in [0.4, 0.5) is 4.79 Å². The van der Waals surface area contributed by atoms with Crippen LogP contribution in [0.25, 0.3) is 0 Å². The van der Waals surface area contributed by atoms with E-state index in [-0.39, 0.29) is 18.6 Å². The Morgan fingerprint density at radius 1 is 1.19 bits per heavy atom. The zero-order chi connectivity index (χ0) is 15.2. The molecule has 0 aliphatic carbocycles. The monoisotopic (exact) mass is 298 g/mol. The lowest BCUT2D eigenvalue weighted by atomic mass is 9.92. The highest BCUT2D eigenvalue weighted by Crippen LogP contribution is 2.23. The molecule has 2 rings (SSSR count). The highest BCUT2D eigenvalue weighted by Gasteiger charge is 2.28. The van der Waals surface area contributed by atoms with Crippen molar-refractivity contribution in [3.8, 4) is 0 Å². The van der Waals surface area contributed by atoms with E-state index in [1.807, 2.05) is 16.7 Å². The number of carboxylic acids is 1. The van der Waals surface area contributed by atoms with Gasteiger partial charge in [0.15, 0.2) is 0 Å². The van der Waals surface area contributed by atoms with Crippen LogP contribution < -0.4 is 0 Å². The van der Waals surface area contributed by atoms with Crippen LogP contribution in [0.3, 0.4) is 0 Å². The fourth-order valence-electron chi connectivity index (χ4n) is 3.11. The Labute approximate surface area is 126 Å². The standard InChI is InChI=1S/C15H26N2O4/c1-12-11-17(7-2-10-21-12)15(20)16-8-5-13(6-9-16)3-4-14(18)19/h12-13H,2-11H2,1H3,(H,18,19). The number of piperidine rings is 1. The summed E-state index contributed by atoms with van der Waals surface area (Å²) in [7, 11) is 0. The summed E-state index contributed by atoms with van der Waals surface area (Å²) in [5.41, 5.74) is 0. The molecule has 6 heteroatoms. The van der Waals surface area contributed by atoms with Gasteiger partial charge in [0.05, 0.1) is 6.10 Å². The number of amides is 2. The number of rotatable bonds is 3. The van der Waals surface area contributed by atoms with Crippen molar-refractivity contribution >= 4 is 12.0 Å². The van der Waals surface area contributed by atoms with Gasteiger partial charge in [0.1, 0.15) is 0 Å². The maximum absolute atomic E-state index is 12.5. The summed E-state index contributed by atoms with van der Waals surface area (Å²) in [5, 5.41) is 8.72. The fraction of sp³-hybridized carbons (Fsp3) is 0.867. The molecule has 1 atom stereocenters. The zero-order valence-corrected chi connectivity index (χ0v) is 12.8. The third-order valence-corrected chi connectivity index (χ3v) is 4.37. The van der Waals surface area contributed by atoms with Gasteiger partial charge in [-0.15, -0.1) is 0 Å². The number of carbonyl (C=O) groups is 2. The minimum atomic E-state index is -0.730.